The number of likely N-dealkylation sites (N-methyl/N-ethyl adjacent to an activating group) is 1. The average Bonchev–Trinajstić information content (AvgIpc) is 3.30. The van der Waals surface area contributed by atoms with E-state index in [2.05, 4.69) is 39.9 Å². The minimum atomic E-state index is 0.124. The van der Waals surface area contributed by atoms with E-state index >= 15 is 0 Å². The molecule has 0 atom stereocenters. The summed E-state index contributed by atoms with van der Waals surface area (Å²) in [6.07, 6.45) is 1.31. The van der Waals surface area contributed by atoms with Gasteiger partial charge < -0.3 is 9.64 Å². The summed E-state index contributed by atoms with van der Waals surface area (Å²) in [6.45, 7) is 5.87. The fourth-order valence-electron chi connectivity index (χ4n) is 5.02. The van der Waals surface area contributed by atoms with Gasteiger partial charge in [0.05, 0.1) is 37.2 Å². The third-order valence-electron chi connectivity index (χ3n) is 7.06. The van der Waals surface area contributed by atoms with Crippen LogP contribution in [0, 0.1) is 0 Å². The predicted octanol–water partition coefficient (Wildman–Crippen LogP) is 5.03. The van der Waals surface area contributed by atoms with E-state index in [1.54, 1.807) is 7.11 Å². The number of methoxy groups -OCH3 is 1. The third kappa shape index (κ3) is 5.75. The predicted molar refractivity (Wildman–Crippen MR) is 146 cm³/mol. The Morgan fingerprint density at radius 2 is 1.62 bits per heavy atom. The molecule has 0 bridgehead atoms. The number of carbonyl (C=O) groups excluding carboxylic acids is 1. The van der Waals surface area contributed by atoms with Gasteiger partial charge in [0.2, 0.25) is 5.91 Å². The zero-order valence-corrected chi connectivity index (χ0v) is 21.6. The van der Waals surface area contributed by atoms with Crippen LogP contribution in [0.25, 0.3) is 5.69 Å². The second-order valence-corrected chi connectivity index (χ2v) is 9.50. The molecule has 1 aliphatic heterocycles. The van der Waals surface area contributed by atoms with Crippen LogP contribution in [0.15, 0.2) is 84.9 Å². The molecule has 1 aromatic heterocycles. The number of nitrogens with zero attached hydrogens (tertiary/aromatic N) is 4. The monoisotopic (exact) mass is 494 g/mol. The normalized spacial score (nSPS) is 13.2. The van der Waals surface area contributed by atoms with E-state index < -0.39 is 0 Å². The van der Waals surface area contributed by atoms with Crippen molar-refractivity contribution in [3.8, 4) is 11.4 Å². The summed E-state index contributed by atoms with van der Waals surface area (Å²) in [5.41, 5.74) is 6.80. The number of ether oxygens (including phenoxy) is 1. The van der Waals surface area contributed by atoms with E-state index in [1.807, 2.05) is 66.4 Å². The van der Waals surface area contributed by atoms with E-state index in [0.717, 1.165) is 48.7 Å². The molecule has 6 heteroatoms. The second-order valence-electron chi connectivity index (χ2n) is 9.50. The van der Waals surface area contributed by atoms with Gasteiger partial charge in [-0.15, -0.1) is 0 Å². The Hall–Kier alpha value is -3.90. The lowest BCUT2D eigenvalue weighted by atomic mass is 10.0. The van der Waals surface area contributed by atoms with Gasteiger partial charge >= 0.3 is 0 Å². The maximum absolute atomic E-state index is 13.2. The smallest absolute Gasteiger partial charge is 0.227 e. The molecule has 2 heterocycles. The molecule has 1 aliphatic rings. The molecule has 0 saturated heterocycles. The standard InChI is InChI=1S/C31H34N4O2/c1-3-34(31(36)20-24-10-6-4-7-11-24)23-29-28-22-33(21-25-12-8-5-9-13-25)19-18-30(28)35(32-29)26-14-16-27(37-2)17-15-26/h4-17H,3,18-23H2,1-2H3. The molecule has 0 fully saturated rings. The molecule has 0 spiro atoms. The summed E-state index contributed by atoms with van der Waals surface area (Å²) in [4.78, 5) is 17.6. The number of hydrogen-bond acceptors (Lipinski definition) is 4. The van der Waals surface area contributed by atoms with Gasteiger partial charge in [-0.1, -0.05) is 60.7 Å². The highest BCUT2D eigenvalue weighted by Crippen LogP contribution is 2.28. The first kappa shape index (κ1) is 24.8. The Labute approximate surface area is 219 Å². The lowest BCUT2D eigenvalue weighted by molar-refractivity contribution is -0.130. The molecule has 4 aromatic rings. The van der Waals surface area contributed by atoms with Gasteiger partial charge in [0.1, 0.15) is 5.75 Å². The van der Waals surface area contributed by atoms with Gasteiger partial charge in [0.25, 0.3) is 0 Å². The molecule has 0 N–H and O–H groups in total. The summed E-state index contributed by atoms with van der Waals surface area (Å²) in [5.74, 6) is 0.945. The minimum Gasteiger partial charge on any atom is -0.497 e. The highest BCUT2D eigenvalue weighted by molar-refractivity contribution is 5.78. The molecule has 0 saturated carbocycles. The van der Waals surface area contributed by atoms with Crippen molar-refractivity contribution in [3.63, 3.8) is 0 Å². The molecule has 37 heavy (non-hydrogen) atoms. The van der Waals surface area contributed by atoms with Crippen molar-refractivity contribution in [3.05, 3.63) is 113 Å². The van der Waals surface area contributed by atoms with Crippen molar-refractivity contribution >= 4 is 5.91 Å². The van der Waals surface area contributed by atoms with Crippen LogP contribution in [0.1, 0.15) is 35.0 Å². The van der Waals surface area contributed by atoms with Gasteiger partial charge in [-0.2, -0.15) is 5.10 Å². The summed E-state index contributed by atoms with van der Waals surface area (Å²) in [7, 11) is 1.68. The van der Waals surface area contributed by atoms with E-state index in [0.29, 0.717) is 19.5 Å². The molecule has 0 aliphatic carbocycles. The number of hydrogen-bond donors (Lipinski definition) is 0. The van der Waals surface area contributed by atoms with E-state index in [-0.39, 0.29) is 5.91 Å². The number of amides is 1. The van der Waals surface area contributed by atoms with Gasteiger partial charge in [0.15, 0.2) is 0 Å². The molecule has 0 unspecified atom stereocenters. The van der Waals surface area contributed by atoms with Crippen LogP contribution in [0.4, 0.5) is 0 Å². The first-order chi connectivity index (χ1) is 18.1. The molecule has 6 nitrogen and oxygen atoms in total. The number of rotatable bonds is 9. The molecular weight excluding hydrogens is 460 g/mol. The summed E-state index contributed by atoms with van der Waals surface area (Å²) >= 11 is 0. The maximum Gasteiger partial charge on any atom is 0.227 e. The fraction of sp³-hybridized carbons (Fsp3) is 0.290. The first-order valence-electron chi connectivity index (χ1n) is 13.0. The molecule has 3 aromatic carbocycles. The van der Waals surface area contributed by atoms with Gasteiger partial charge in [-0.25, -0.2) is 4.68 Å². The Balaban J connectivity index is 1.43. The van der Waals surface area contributed by atoms with Crippen molar-refractivity contribution in [2.75, 3.05) is 20.2 Å². The SMILES string of the molecule is CCN(Cc1nn(-c2ccc(OC)cc2)c2c1CN(Cc1ccccc1)CC2)C(=O)Cc1ccccc1. The third-order valence-corrected chi connectivity index (χ3v) is 7.06. The Bertz CT molecular complexity index is 1320. The van der Waals surface area contributed by atoms with E-state index in [1.165, 1.54) is 16.8 Å². The highest BCUT2D eigenvalue weighted by Gasteiger charge is 2.27. The minimum absolute atomic E-state index is 0.124. The maximum atomic E-state index is 13.2. The highest BCUT2D eigenvalue weighted by atomic mass is 16.5. The van der Waals surface area contributed by atoms with Crippen LogP contribution in [0.2, 0.25) is 0 Å². The van der Waals surface area contributed by atoms with Crippen molar-refractivity contribution in [2.45, 2.75) is 39.4 Å². The van der Waals surface area contributed by atoms with Gasteiger partial charge in [0, 0.05) is 38.2 Å². The summed E-state index contributed by atoms with van der Waals surface area (Å²) in [6, 6.07) is 28.6. The number of fused-ring (bicyclic) bond motifs is 1. The van der Waals surface area contributed by atoms with Crippen LogP contribution in [-0.4, -0.2) is 45.7 Å². The first-order valence-corrected chi connectivity index (χ1v) is 13.0. The topological polar surface area (TPSA) is 50.6 Å². The van der Waals surface area contributed by atoms with Crippen LogP contribution in [-0.2, 0) is 37.3 Å². The van der Waals surface area contributed by atoms with Crippen molar-refractivity contribution in [1.29, 1.82) is 0 Å². The van der Waals surface area contributed by atoms with Gasteiger partial charge in [-0.05, 0) is 42.3 Å². The molecular formula is C31H34N4O2. The number of carbonyl (C=O) groups is 1. The molecule has 0 radical (unpaired) electrons. The van der Waals surface area contributed by atoms with Crippen LogP contribution < -0.4 is 4.74 Å². The quantitative estimate of drug-likeness (QED) is 0.328. The Morgan fingerprint density at radius 3 is 2.27 bits per heavy atom. The Kier molecular flexibility index (Phi) is 7.66. The van der Waals surface area contributed by atoms with E-state index in [4.69, 9.17) is 9.84 Å². The zero-order valence-electron chi connectivity index (χ0n) is 21.6. The summed E-state index contributed by atoms with van der Waals surface area (Å²) < 4.78 is 7.42. The molecule has 5 rings (SSSR count). The summed E-state index contributed by atoms with van der Waals surface area (Å²) in [5, 5.41) is 5.09. The fourth-order valence-corrected chi connectivity index (χ4v) is 5.02. The largest absolute Gasteiger partial charge is 0.497 e. The zero-order chi connectivity index (χ0) is 25.6. The Morgan fingerprint density at radius 1 is 0.946 bits per heavy atom. The second kappa shape index (κ2) is 11.4. The van der Waals surface area contributed by atoms with Gasteiger partial charge in [-0.3, -0.25) is 9.69 Å². The number of benzene rings is 3. The lowest BCUT2D eigenvalue weighted by Gasteiger charge is -2.28. The van der Waals surface area contributed by atoms with E-state index in [9.17, 15) is 4.79 Å². The lowest BCUT2D eigenvalue weighted by Crippen LogP contribution is -2.33. The molecule has 190 valence electrons. The number of aromatic nitrogens is 2. The van der Waals surface area contributed by atoms with Crippen molar-refractivity contribution in [2.24, 2.45) is 0 Å². The van der Waals surface area contributed by atoms with Crippen molar-refractivity contribution in [1.82, 2.24) is 19.6 Å². The van der Waals surface area contributed by atoms with Crippen molar-refractivity contribution < 1.29 is 9.53 Å². The average molecular weight is 495 g/mol. The molecule has 1 amide bonds. The van der Waals surface area contributed by atoms with Crippen LogP contribution in [0.3, 0.4) is 0 Å². The van der Waals surface area contributed by atoms with Crippen LogP contribution in [0.5, 0.6) is 5.75 Å². The van der Waals surface area contributed by atoms with Crippen LogP contribution >= 0.6 is 0 Å².